The second kappa shape index (κ2) is 6.23. The van der Waals surface area contributed by atoms with Crippen molar-refractivity contribution in [2.24, 2.45) is 5.92 Å². The third kappa shape index (κ3) is 3.10. The molecule has 1 aliphatic rings. The number of aryl methyl sites for hydroxylation is 1. The summed E-state index contributed by atoms with van der Waals surface area (Å²) in [6.07, 6.45) is 3.75. The summed E-state index contributed by atoms with van der Waals surface area (Å²) in [5, 5.41) is 4.57. The van der Waals surface area contributed by atoms with E-state index in [1.165, 1.54) is 19.4 Å². The zero-order valence-electron chi connectivity index (χ0n) is 12.1. The van der Waals surface area contributed by atoms with Crippen molar-refractivity contribution in [2.75, 3.05) is 19.7 Å². The van der Waals surface area contributed by atoms with Crippen LogP contribution in [0, 0.1) is 12.8 Å². The average Bonchev–Trinajstić information content (AvgIpc) is 2.48. The average molecular weight is 270 g/mol. The Morgan fingerprint density at radius 1 is 1.35 bits per heavy atom. The Hall–Kier alpha value is -1.61. The van der Waals surface area contributed by atoms with E-state index >= 15 is 0 Å². The number of aromatic nitrogens is 1. The van der Waals surface area contributed by atoms with E-state index in [0.717, 1.165) is 47.8 Å². The Kier molecular flexibility index (Phi) is 4.16. The van der Waals surface area contributed by atoms with Gasteiger partial charge in [-0.3, -0.25) is 4.98 Å². The maximum Gasteiger partial charge on any atom is 0.130 e. The molecular formula is C17H22N2O. The van der Waals surface area contributed by atoms with Crippen molar-refractivity contribution >= 4 is 10.9 Å². The van der Waals surface area contributed by atoms with Gasteiger partial charge >= 0.3 is 0 Å². The fraction of sp³-hybridized carbons (Fsp3) is 0.471. The third-order valence-corrected chi connectivity index (χ3v) is 3.99. The fourth-order valence-corrected chi connectivity index (χ4v) is 2.89. The predicted octanol–water partition coefficient (Wildman–Crippen LogP) is 3.31. The van der Waals surface area contributed by atoms with Crippen molar-refractivity contribution in [3.8, 4) is 5.75 Å². The minimum atomic E-state index is 0.762. The van der Waals surface area contributed by atoms with Crippen molar-refractivity contribution in [3.05, 3.63) is 36.0 Å². The summed E-state index contributed by atoms with van der Waals surface area (Å²) in [5.41, 5.74) is 2.03. The number of rotatable bonds is 4. The molecule has 1 N–H and O–H groups in total. The number of hydrogen-bond donors (Lipinski definition) is 1. The fourth-order valence-electron chi connectivity index (χ4n) is 2.89. The molecule has 1 fully saturated rings. The topological polar surface area (TPSA) is 34.1 Å². The second-order valence-corrected chi connectivity index (χ2v) is 5.63. The highest BCUT2D eigenvalue weighted by molar-refractivity contribution is 5.85. The van der Waals surface area contributed by atoms with Gasteiger partial charge in [0, 0.05) is 17.1 Å². The molecule has 1 saturated heterocycles. The summed E-state index contributed by atoms with van der Waals surface area (Å²) in [5.74, 6) is 1.73. The van der Waals surface area contributed by atoms with E-state index in [-0.39, 0.29) is 0 Å². The van der Waals surface area contributed by atoms with Gasteiger partial charge in [-0.2, -0.15) is 0 Å². The van der Waals surface area contributed by atoms with Crippen molar-refractivity contribution in [2.45, 2.75) is 26.2 Å². The molecule has 0 bridgehead atoms. The number of benzene rings is 1. The number of piperidine rings is 1. The van der Waals surface area contributed by atoms with Gasteiger partial charge in [-0.05, 0) is 57.3 Å². The highest BCUT2D eigenvalue weighted by Gasteiger charge is 2.13. The van der Waals surface area contributed by atoms with E-state index in [1.807, 2.05) is 31.2 Å². The minimum Gasteiger partial charge on any atom is -0.493 e. The normalized spacial score (nSPS) is 19.1. The van der Waals surface area contributed by atoms with Gasteiger partial charge in [-0.25, -0.2) is 0 Å². The van der Waals surface area contributed by atoms with Crippen molar-refractivity contribution in [1.29, 1.82) is 0 Å². The van der Waals surface area contributed by atoms with Crippen molar-refractivity contribution in [3.63, 3.8) is 0 Å². The molecule has 2 aromatic rings. The molecule has 1 unspecified atom stereocenters. The Labute approximate surface area is 120 Å². The zero-order chi connectivity index (χ0) is 13.8. The van der Waals surface area contributed by atoms with Crippen molar-refractivity contribution in [1.82, 2.24) is 10.3 Å². The maximum atomic E-state index is 6.04. The lowest BCUT2D eigenvalue weighted by atomic mass is 9.97. The number of fused-ring (bicyclic) bond motifs is 1. The van der Waals surface area contributed by atoms with E-state index in [2.05, 4.69) is 16.4 Å². The lowest BCUT2D eigenvalue weighted by Crippen LogP contribution is -2.30. The lowest BCUT2D eigenvalue weighted by molar-refractivity contribution is 0.256. The van der Waals surface area contributed by atoms with Crippen LogP contribution in [0.25, 0.3) is 10.9 Å². The van der Waals surface area contributed by atoms with Gasteiger partial charge in [-0.15, -0.1) is 0 Å². The van der Waals surface area contributed by atoms with E-state index in [9.17, 15) is 0 Å². The van der Waals surface area contributed by atoms with E-state index in [1.54, 1.807) is 0 Å². The van der Waals surface area contributed by atoms with E-state index < -0.39 is 0 Å². The van der Waals surface area contributed by atoms with Gasteiger partial charge in [-0.1, -0.05) is 12.1 Å². The smallest absolute Gasteiger partial charge is 0.130 e. The van der Waals surface area contributed by atoms with Crippen LogP contribution in [0.15, 0.2) is 30.3 Å². The number of para-hydroxylation sites is 1. The van der Waals surface area contributed by atoms with Crippen LogP contribution < -0.4 is 10.1 Å². The molecule has 20 heavy (non-hydrogen) atoms. The summed E-state index contributed by atoms with van der Waals surface area (Å²) in [6, 6.07) is 10.2. The van der Waals surface area contributed by atoms with Gasteiger partial charge in [0.2, 0.25) is 0 Å². The van der Waals surface area contributed by atoms with E-state index in [4.69, 9.17) is 4.74 Å². The predicted molar refractivity (Wildman–Crippen MR) is 82.2 cm³/mol. The molecular weight excluding hydrogens is 248 g/mol. The Morgan fingerprint density at radius 2 is 2.25 bits per heavy atom. The van der Waals surface area contributed by atoms with Crippen LogP contribution in [0.4, 0.5) is 0 Å². The highest BCUT2D eigenvalue weighted by atomic mass is 16.5. The first-order chi connectivity index (χ1) is 9.83. The Bertz CT molecular complexity index is 576. The Balaban J connectivity index is 1.67. The quantitative estimate of drug-likeness (QED) is 0.925. The van der Waals surface area contributed by atoms with Gasteiger partial charge in [0.05, 0.1) is 12.1 Å². The van der Waals surface area contributed by atoms with Gasteiger partial charge in [0.15, 0.2) is 0 Å². The van der Waals surface area contributed by atoms with Crippen LogP contribution in [0.3, 0.4) is 0 Å². The largest absolute Gasteiger partial charge is 0.493 e. The van der Waals surface area contributed by atoms with Crippen LogP contribution in [0.1, 0.15) is 25.0 Å². The molecule has 3 nitrogen and oxygen atoms in total. The highest BCUT2D eigenvalue weighted by Crippen LogP contribution is 2.25. The molecule has 0 amide bonds. The third-order valence-electron chi connectivity index (χ3n) is 3.99. The molecule has 1 atom stereocenters. The summed E-state index contributed by atoms with van der Waals surface area (Å²) in [7, 11) is 0. The summed E-state index contributed by atoms with van der Waals surface area (Å²) in [6.45, 7) is 5.12. The number of hydrogen-bond acceptors (Lipinski definition) is 3. The molecule has 0 radical (unpaired) electrons. The first-order valence-corrected chi connectivity index (χ1v) is 7.53. The lowest BCUT2D eigenvalue weighted by Gasteiger charge is -2.22. The molecule has 0 aliphatic carbocycles. The first kappa shape index (κ1) is 13.4. The zero-order valence-corrected chi connectivity index (χ0v) is 12.1. The molecule has 2 heterocycles. The number of ether oxygens (including phenoxy) is 1. The molecule has 0 spiro atoms. The molecule has 1 aromatic heterocycles. The maximum absolute atomic E-state index is 6.04. The molecule has 3 rings (SSSR count). The van der Waals surface area contributed by atoms with Crippen molar-refractivity contribution < 1.29 is 4.74 Å². The van der Waals surface area contributed by atoms with Crippen LogP contribution in [-0.4, -0.2) is 24.7 Å². The second-order valence-electron chi connectivity index (χ2n) is 5.63. The summed E-state index contributed by atoms with van der Waals surface area (Å²) >= 11 is 0. The van der Waals surface area contributed by atoms with Crippen LogP contribution >= 0.6 is 0 Å². The SMILES string of the molecule is Cc1cc(OCCC2CCCNC2)c2ccccc2n1. The first-order valence-electron chi connectivity index (χ1n) is 7.53. The van der Waals surface area contributed by atoms with Crippen LogP contribution in [0.5, 0.6) is 5.75 Å². The van der Waals surface area contributed by atoms with Gasteiger partial charge < -0.3 is 10.1 Å². The van der Waals surface area contributed by atoms with Gasteiger partial charge in [0.25, 0.3) is 0 Å². The standard InChI is InChI=1S/C17H22N2O/c1-13-11-17(15-6-2-3-7-16(15)19-13)20-10-8-14-5-4-9-18-12-14/h2-3,6-7,11,14,18H,4-5,8-10,12H2,1H3. The van der Waals surface area contributed by atoms with Gasteiger partial charge in [0.1, 0.15) is 5.75 Å². The number of nitrogens with one attached hydrogen (secondary N) is 1. The van der Waals surface area contributed by atoms with Crippen LogP contribution in [0.2, 0.25) is 0 Å². The molecule has 3 heteroatoms. The van der Waals surface area contributed by atoms with Crippen LogP contribution in [-0.2, 0) is 0 Å². The number of pyridine rings is 1. The monoisotopic (exact) mass is 270 g/mol. The summed E-state index contributed by atoms with van der Waals surface area (Å²) in [4.78, 5) is 4.54. The minimum absolute atomic E-state index is 0.762. The molecule has 0 saturated carbocycles. The Morgan fingerprint density at radius 3 is 3.10 bits per heavy atom. The van der Waals surface area contributed by atoms with E-state index in [0.29, 0.717) is 0 Å². The molecule has 1 aromatic carbocycles. The number of nitrogens with zero attached hydrogens (tertiary/aromatic N) is 1. The molecule has 106 valence electrons. The summed E-state index contributed by atoms with van der Waals surface area (Å²) < 4.78 is 6.04. The molecule has 1 aliphatic heterocycles.